The molecule has 0 heterocycles. The summed E-state index contributed by atoms with van der Waals surface area (Å²) in [4.78, 5) is 22.5. The second-order valence-electron chi connectivity index (χ2n) is 6.41. The monoisotopic (exact) mass is 442 g/mol. The van der Waals surface area contributed by atoms with Crippen molar-refractivity contribution >= 4 is 11.9 Å². The lowest BCUT2D eigenvalue weighted by molar-refractivity contribution is -0.134. The van der Waals surface area contributed by atoms with Gasteiger partial charge in [0.1, 0.15) is 30.8 Å². The quantitative estimate of drug-likeness (QED) is 0.287. The van der Waals surface area contributed by atoms with Gasteiger partial charge in [-0.2, -0.15) is 4.39 Å². The van der Waals surface area contributed by atoms with Gasteiger partial charge in [0.25, 0.3) is 0 Å². The molecular formula is C24H20F2O6. The Labute approximate surface area is 183 Å². The maximum atomic E-state index is 14.5. The van der Waals surface area contributed by atoms with Crippen LogP contribution in [0.2, 0.25) is 0 Å². The Hall–Kier alpha value is -4.20. The Bertz CT molecular complexity index is 1080. The molecule has 0 saturated carbocycles. The summed E-state index contributed by atoms with van der Waals surface area (Å²) in [6, 6.07) is 8.69. The van der Waals surface area contributed by atoms with Crippen LogP contribution in [-0.2, 0) is 19.1 Å². The molecule has 0 aromatic heterocycles. The fourth-order valence-corrected chi connectivity index (χ4v) is 2.15. The Balaban J connectivity index is 2.03. The molecule has 0 atom stereocenters. The van der Waals surface area contributed by atoms with Crippen molar-refractivity contribution in [1.82, 2.24) is 0 Å². The topological polar surface area (TPSA) is 71.1 Å². The van der Waals surface area contributed by atoms with Crippen molar-refractivity contribution in [2.24, 2.45) is 0 Å². The lowest BCUT2D eigenvalue weighted by Gasteiger charge is -2.09. The number of benzene rings is 2. The molecule has 32 heavy (non-hydrogen) atoms. The summed E-state index contributed by atoms with van der Waals surface area (Å²) in [5.41, 5.74) is 0.815. The highest BCUT2D eigenvalue weighted by Crippen LogP contribution is 2.31. The average molecular weight is 442 g/mol. The molecule has 0 radical (unpaired) electrons. The summed E-state index contributed by atoms with van der Waals surface area (Å²) in [5.74, 6) is -3.60. The second kappa shape index (κ2) is 11.3. The molecule has 2 rings (SSSR count). The Morgan fingerprint density at radius 2 is 1.28 bits per heavy atom. The zero-order valence-electron chi connectivity index (χ0n) is 17.4. The van der Waals surface area contributed by atoms with Gasteiger partial charge in [-0.15, -0.1) is 0 Å². The third-order valence-electron chi connectivity index (χ3n) is 3.77. The van der Waals surface area contributed by atoms with Crippen molar-refractivity contribution in [1.29, 1.82) is 0 Å². The van der Waals surface area contributed by atoms with Crippen molar-refractivity contribution in [3.05, 3.63) is 97.4 Å². The van der Waals surface area contributed by atoms with E-state index in [1.54, 1.807) is 0 Å². The van der Waals surface area contributed by atoms with E-state index in [-0.39, 0.29) is 22.5 Å². The highest BCUT2D eigenvalue weighted by atomic mass is 19.2. The molecule has 0 bridgehead atoms. The van der Waals surface area contributed by atoms with Crippen LogP contribution in [0.1, 0.15) is 13.8 Å². The van der Waals surface area contributed by atoms with Gasteiger partial charge in [-0.25, -0.2) is 14.0 Å². The molecule has 0 aliphatic rings. The fraction of sp³-hybridized carbons (Fsp3) is 0.0833. The molecule has 0 aliphatic carbocycles. The molecule has 0 saturated heterocycles. The summed E-state index contributed by atoms with van der Waals surface area (Å²) >= 11 is 0. The van der Waals surface area contributed by atoms with E-state index in [0.29, 0.717) is 11.3 Å². The smallest absolute Gasteiger partial charge is 0.338 e. The zero-order valence-corrected chi connectivity index (χ0v) is 17.4. The van der Waals surface area contributed by atoms with Gasteiger partial charge in [0.05, 0.1) is 0 Å². The van der Waals surface area contributed by atoms with Gasteiger partial charge < -0.3 is 18.9 Å². The van der Waals surface area contributed by atoms with Crippen LogP contribution in [-0.4, -0.2) is 11.9 Å². The van der Waals surface area contributed by atoms with E-state index in [4.69, 9.17) is 14.2 Å². The molecule has 0 spiro atoms. The zero-order chi connectivity index (χ0) is 23.7. The maximum absolute atomic E-state index is 14.5. The van der Waals surface area contributed by atoms with Crippen LogP contribution in [0.5, 0.6) is 11.5 Å². The third kappa shape index (κ3) is 6.66. The van der Waals surface area contributed by atoms with Crippen molar-refractivity contribution in [2.75, 3.05) is 0 Å². The van der Waals surface area contributed by atoms with E-state index in [2.05, 4.69) is 17.9 Å². The first-order chi connectivity index (χ1) is 15.2. The predicted molar refractivity (Wildman–Crippen MR) is 113 cm³/mol. The van der Waals surface area contributed by atoms with E-state index in [1.165, 1.54) is 50.2 Å². The van der Waals surface area contributed by atoms with E-state index >= 15 is 0 Å². The summed E-state index contributed by atoms with van der Waals surface area (Å²) < 4.78 is 48.5. The molecule has 0 unspecified atom stereocenters. The molecule has 2 aromatic rings. The fourth-order valence-electron chi connectivity index (χ4n) is 2.15. The Kier molecular flexibility index (Phi) is 8.47. The molecular weight excluding hydrogens is 422 g/mol. The molecule has 0 aliphatic heterocycles. The van der Waals surface area contributed by atoms with Crippen LogP contribution in [0.4, 0.5) is 8.78 Å². The molecule has 0 amide bonds. The van der Waals surface area contributed by atoms with Gasteiger partial charge in [0.15, 0.2) is 11.6 Å². The van der Waals surface area contributed by atoms with Crippen LogP contribution < -0.4 is 9.47 Å². The number of carbonyl (C=O) groups excluding carboxylic acids is 2. The minimum absolute atomic E-state index is 0.00465. The maximum Gasteiger partial charge on any atom is 0.338 e. The summed E-state index contributed by atoms with van der Waals surface area (Å²) in [6.07, 6.45) is 4.02. The SMILES string of the molecule is C=C(C)C(=O)O/C=C\Oc1ccc(-c2ccc(O/C=C\OC(=O)C(=C)C)c(F)c2F)cc1. The van der Waals surface area contributed by atoms with E-state index in [9.17, 15) is 18.4 Å². The molecule has 6 nitrogen and oxygen atoms in total. The van der Waals surface area contributed by atoms with Crippen LogP contribution in [0.15, 0.2) is 85.8 Å². The summed E-state index contributed by atoms with van der Waals surface area (Å²) in [5, 5.41) is 0. The number of rotatable bonds is 9. The molecule has 0 N–H and O–H groups in total. The predicted octanol–water partition coefficient (Wildman–Crippen LogP) is 5.57. The average Bonchev–Trinajstić information content (AvgIpc) is 2.77. The Morgan fingerprint density at radius 1 is 0.750 bits per heavy atom. The largest absolute Gasteiger partial charge is 0.462 e. The first-order valence-corrected chi connectivity index (χ1v) is 9.15. The van der Waals surface area contributed by atoms with Crippen molar-refractivity contribution < 1.29 is 37.3 Å². The van der Waals surface area contributed by atoms with Gasteiger partial charge in [-0.05, 0) is 43.7 Å². The minimum atomic E-state index is -1.21. The second-order valence-corrected chi connectivity index (χ2v) is 6.41. The number of hydrogen-bond donors (Lipinski definition) is 0. The van der Waals surface area contributed by atoms with Gasteiger partial charge in [-0.3, -0.25) is 0 Å². The summed E-state index contributed by atoms with van der Waals surface area (Å²) in [7, 11) is 0. The number of ether oxygens (including phenoxy) is 4. The molecule has 166 valence electrons. The van der Waals surface area contributed by atoms with Gasteiger partial charge >= 0.3 is 11.9 Å². The highest BCUT2D eigenvalue weighted by molar-refractivity contribution is 5.87. The molecule has 0 fully saturated rings. The van der Waals surface area contributed by atoms with E-state index in [0.717, 1.165) is 25.0 Å². The van der Waals surface area contributed by atoms with Crippen molar-refractivity contribution in [2.45, 2.75) is 13.8 Å². The first-order valence-electron chi connectivity index (χ1n) is 9.15. The lowest BCUT2D eigenvalue weighted by atomic mass is 10.0. The van der Waals surface area contributed by atoms with Gasteiger partial charge in [0.2, 0.25) is 5.82 Å². The van der Waals surface area contributed by atoms with Crippen LogP contribution in [0.25, 0.3) is 11.1 Å². The number of halogens is 2. The highest BCUT2D eigenvalue weighted by Gasteiger charge is 2.15. The number of esters is 2. The van der Waals surface area contributed by atoms with Gasteiger partial charge in [-0.1, -0.05) is 25.3 Å². The van der Waals surface area contributed by atoms with Crippen LogP contribution in [0, 0.1) is 11.6 Å². The molecule has 8 heteroatoms. The lowest BCUT2D eigenvalue weighted by Crippen LogP contribution is -2.00. The van der Waals surface area contributed by atoms with Crippen LogP contribution in [0.3, 0.4) is 0 Å². The number of carbonyl (C=O) groups is 2. The van der Waals surface area contributed by atoms with E-state index < -0.39 is 23.6 Å². The summed E-state index contributed by atoms with van der Waals surface area (Å²) in [6.45, 7) is 9.81. The first kappa shape index (κ1) is 24.1. The third-order valence-corrected chi connectivity index (χ3v) is 3.77. The minimum Gasteiger partial charge on any atom is -0.462 e. The van der Waals surface area contributed by atoms with Crippen LogP contribution >= 0.6 is 0 Å². The van der Waals surface area contributed by atoms with Crippen molar-refractivity contribution in [3.8, 4) is 22.6 Å². The number of hydrogen-bond acceptors (Lipinski definition) is 6. The Morgan fingerprint density at radius 3 is 1.81 bits per heavy atom. The van der Waals surface area contributed by atoms with Gasteiger partial charge in [0, 0.05) is 16.7 Å². The normalized spacial score (nSPS) is 10.8. The molecule has 2 aromatic carbocycles. The standard InChI is InChI=1S/C24H20F2O6/c1-15(2)23(27)31-13-11-29-18-7-5-17(6-8-18)19-9-10-20(22(26)21(19)25)30-12-14-32-24(28)16(3)4/h5-14H,1,3H2,2,4H3/b13-11-,14-12-. The van der Waals surface area contributed by atoms with E-state index in [1.807, 2.05) is 0 Å². The van der Waals surface area contributed by atoms with Crippen molar-refractivity contribution in [3.63, 3.8) is 0 Å².